The highest BCUT2D eigenvalue weighted by Crippen LogP contribution is 2.31. The van der Waals surface area contributed by atoms with E-state index in [2.05, 4.69) is 15.5 Å². The molecule has 0 aliphatic rings. The Labute approximate surface area is 192 Å². The van der Waals surface area contributed by atoms with Gasteiger partial charge in [0.05, 0.1) is 21.5 Å². The monoisotopic (exact) mass is 472 g/mol. The van der Waals surface area contributed by atoms with Crippen molar-refractivity contribution in [1.29, 1.82) is 0 Å². The van der Waals surface area contributed by atoms with E-state index in [-0.39, 0.29) is 17.5 Å². The van der Waals surface area contributed by atoms with Gasteiger partial charge >= 0.3 is 0 Å². The number of para-hydroxylation sites is 2. The Kier molecular flexibility index (Phi) is 6.56. The van der Waals surface area contributed by atoms with Crippen LogP contribution in [0.25, 0.3) is 17.1 Å². The van der Waals surface area contributed by atoms with Gasteiger partial charge in [-0.3, -0.25) is 9.36 Å². The second kappa shape index (κ2) is 9.51. The van der Waals surface area contributed by atoms with E-state index < -0.39 is 0 Å². The maximum atomic E-state index is 13.8. The number of aromatic nitrogens is 3. The first-order valence-corrected chi connectivity index (χ1v) is 10.9. The van der Waals surface area contributed by atoms with Crippen molar-refractivity contribution in [2.45, 2.75) is 5.16 Å². The van der Waals surface area contributed by atoms with Crippen LogP contribution in [0.4, 0.5) is 10.1 Å². The Morgan fingerprint density at radius 1 is 0.968 bits per heavy atom. The van der Waals surface area contributed by atoms with E-state index in [0.717, 1.165) is 5.69 Å². The summed E-state index contributed by atoms with van der Waals surface area (Å²) >= 11 is 13.4. The van der Waals surface area contributed by atoms with Gasteiger partial charge in [0.15, 0.2) is 11.0 Å². The number of nitrogens with one attached hydrogen (secondary N) is 1. The maximum absolute atomic E-state index is 13.8. The molecule has 1 heterocycles. The van der Waals surface area contributed by atoms with E-state index in [1.165, 1.54) is 23.9 Å². The first-order valence-electron chi connectivity index (χ1n) is 9.16. The molecule has 9 heteroatoms. The Morgan fingerprint density at radius 3 is 2.39 bits per heavy atom. The lowest BCUT2D eigenvalue weighted by molar-refractivity contribution is -0.113. The molecule has 31 heavy (non-hydrogen) atoms. The molecular formula is C22H15Cl2FN4OS. The highest BCUT2D eigenvalue weighted by molar-refractivity contribution is 7.99. The van der Waals surface area contributed by atoms with Crippen LogP contribution in [0, 0.1) is 5.82 Å². The van der Waals surface area contributed by atoms with Crippen molar-refractivity contribution in [2.24, 2.45) is 0 Å². The van der Waals surface area contributed by atoms with Gasteiger partial charge in [-0.15, -0.1) is 10.2 Å². The second-order valence-electron chi connectivity index (χ2n) is 6.42. The number of halogens is 3. The third kappa shape index (κ3) is 4.90. The van der Waals surface area contributed by atoms with Crippen molar-refractivity contribution in [3.8, 4) is 17.1 Å². The lowest BCUT2D eigenvalue weighted by Crippen LogP contribution is -2.15. The number of nitrogens with zero attached hydrogens (tertiary/aromatic N) is 3. The SMILES string of the molecule is O=C(CSc1nnc(-c2cccc(F)c2)n1-c1ccccc1)Nc1c(Cl)cccc1Cl. The van der Waals surface area contributed by atoms with Crippen LogP contribution < -0.4 is 5.32 Å². The number of rotatable bonds is 6. The van der Waals surface area contributed by atoms with E-state index in [1.807, 2.05) is 30.3 Å². The zero-order valence-electron chi connectivity index (χ0n) is 15.9. The largest absolute Gasteiger partial charge is 0.323 e. The van der Waals surface area contributed by atoms with Crippen LogP contribution in [-0.2, 0) is 4.79 Å². The highest BCUT2D eigenvalue weighted by atomic mass is 35.5. The fourth-order valence-corrected chi connectivity index (χ4v) is 4.15. The first-order chi connectivity index (χ1) is 15.0. The fraction of sp³-hybridized carbons (Fsp3) is 0.0455. The molecule has 156 valence electrons. The van der Waals surface area contributed by atoms with Gasteiger partial charge in [0, 0.05) is 11.3 Å². The molecule has 0 saturated heterocycles. The lowest BCUT2D eigenvalue weighted by atomic mass is 10.2. The fourth-order valence-electron chi connectivity index (χ4n) is 2.91. The van der Waals surface area contributed by atoms with Gasteiger partial charge in [0.1, 0.15) is 5.82 Å². The molecule has 4 aromatic rings. The average molecular weight is 473 g/mol. The van der Waals surface area contributed by atoms with Crippen molar-refractivity contribution < 1.29 is 9.18 Å². The Hall–Kier alpha value is -2.87. The van der Waals surface area contributed by atoms with Gasteiger partial charge in [0.2, 0.25) is 5.91 Å². The van der Waals surface area contributed by atoms with Crippen molar-refractivity contribution in [3.63, 3.8) is 0 Å². The molecule has 1 amide bonds. The standard InChI is InChI=1S/C22H15Cl2FN4OS/c23-17-10-5-11-18(24)20(17)26-19(30)13-31-22-28-27-21(14-6-4-7-15(25)12-14)29(22)16-8-2-1-3-9-16/h1-12H,13H2,(H,26,30). The summed E-state index contributed by atoms with van der Waals surface area (Å²) in [5.74, 6) is -0.140. The van der Waals surface area contributed by atoms with Crippen LogP contribution in [-0.4, -0.2) is 26.4 Å². The highest BCUT2D eigenvalue weighted by Gasteiger charge is 2.18. The van der Waals surface area contributed by atoms with Crippen LogP contribution in [0.2, 0.25) is 10.0 Å². The third-order valence-electron chi connectivity index (χ3n) is 4.29. The zero-order chi connectivity index (χ0) is 21.8. The number of hydrogen-bond donors (Lipinski definition) is 1. The number of amides is 1. The van der Waals surface area contributed by atoms with E-state index in [4.69, 9.17) is 23.2 Å². The molecule has 0 fully saturated rings. The van der Waals surface area contributed by atoms with E-state index in [9.17, 15) is 9.18 Å². The Balaban J connectivity index is 1.61. The number of thioether (sulfide) groups is 1. The molecule has 0 atom stereocenters. The number of benzene rings is 3. The summed E-state index contributed by atoms with van der Waals surface area (Å²) in [5, 5.41) is 12.4. The average Bonchev–Trinajstić information content (AvgIpc) is 3.20. The second-order valence-corrected chi connectivity index (χ2v) is 8.18. The molecule has 4 rings (SSSR count). The maximum Gasteiger partial charge on any atom is 0.234 e. The van der Waals surface area contributed by atoms with Crippen LogP contribution in [0.15, 0.2) is 78.0 Å². The van der Waals surface area contributed by atoms with Gasteiger partial charge in [-0.25, -0.2) is 4.39 Å². The molecule has 3 aromatic carbocycles. The van der Waals surface area contributed by atoms with Gasteiger partial charge in [-0.1, -0.05) is 71.4 Å². The Bertz CT molecular complexity index is 1210. The van der Waals surface area contributed by atoms with E-state index in [0.29, 0.717) is 32.3 Å². The molecule has 1 N–H and O–H groups in total. The summed E-state index contributed by atoms with van der Waals surface area (Å²) in [6.45, 7) is 0. The minimum Gasteiger partial charge on any atom is -0.323 e. The zero-order valence-corrected chi connectivity index (χ0v) is 18.3. The minimum absolute atomic E-state index is 0.0513. The quantitative estimate of drug-likeness (QED) is 0.343. The van der Waals surface area contributed by atoms with Gasteiger partial charge in [-0.2, -0.15) is 0 Å². The van der Waals surface area contributed by atoms with Crippen LogP contribution in [0.1, 0.15) is 0 Å². The normalized spacial score (nSPS) is 10.8. The number of anilines is 1. The van der Waals surface area contributed by atoms with E-state index >= 15 is 0 Å². The molecule has 0 aliphatic carbocycles. The number of hydrogen-bond acceptors (Lipinski definition) is 4. The number of carbonyl (C=O) groups excluding carboxylic acids is 1. The summed E-state index contributed by atoms with van der Waals surface area (Å²) in [6.07, 6.45) is 0. The van der Waals surface area contributed by atoms with Crippen LogP contribution in [0.3, 0.4) is 0 Å². The number of carbonyl (C=O) groups is 1. The molecule has 0 bridgehead atoms. The van der Waals surface area contributed by atoms with Gasteiger partial charge < -0.3 is 5.32 Å². The molecule has 0 aliphatic heterocycles. The van der Waals surface area contributed by atoms with Crippen LogP contribution >= 0.6 is 35.0 Å². The molecular weight excluding hydrogens is 458 g/mol. The first kappa shape index (κ1) is 21.4. The molecule has 0 unspecified atom stereocenters. The Morgan fingerprint density at radius 2 is 1.68 bits per heavy atom. The van der Waals surface area contributed by atoms with Crippen molar-refractivity contribution >= 4 is 46.6 Å². The third-order valence-corrected chi connectivity index (χ3v) is 5.85. The van der Waals surface area contributed by atoms with Gasteiger partial charge in [0.25, 0.3) is 0 Å². The molecule has 5 nitrogen and oxygen atoms in total. The summed E-state index contributed by atoms with van der Waals surface area (Å²) in [5.41, 5.74) is 1.74. The summed E-state index contributed by atoms with van der Waals surface area (Å²) < 4.78 is 15.6. The van der Waals surface area contributed by atoms with Crippen molar-refractivity contribution in [1.82, 2.24) is 14.8 Å². The summed E-state index contributed by atoms with van der Waals surface area (Å²) in [6, 6.07) is 20.6. The van der Waals surface area contributed by atoms with Crippen LogP contribution in [0.5, 0.6) is 0 Å². The van der Waals surface area contributed by atoms with E-state index in [1.54, 1.807) is 34.9 Å². The van der Waals surface area contributed by atoms with Crippen molar-refractivity contribution in [3.05, 3.63) is 88.7 Å². The topological polar surface area (TPSA) is 59.8 Å². The molecule has 0 spiro atoms. The lowest BCUT2D eigenvalue weighted by Gasteiger charge is -2.11. The summed E-state index contributed by atoms with van der Waals surface area (Å²) in [7, 11) is 0. The predicted octanol–water partition coefficient (Wildman–Crippen LogP) is 6.11. The molecule has 0 saturated carbocycles. The van der Waals surface area contributed by atoms with Crippen molar-refractivity contribution in [2.75, 3.05) is 11.1 Å². The smallest absolute Gasteiger partial charge is 0.234 e. The van der Waals surface area contributed by atoms with Gasteiger partial charge in [-0.05, 0) is 36.4 Å². The predicted molar refractivity (Wildman–Crippen MR) is 123 cm³/mol. The molecule has 1 aromatic heterocycles. The molecule has 0 radical (unpaired) electrons. The minimum atomic E-state index is -0.370. The summed E-state index contributed by atoms with van der Waals surface area (Å²) in [4.78, 5) is 12.5.